The summed E-state index contributed by atoms with van der Waals surface area (Å²) in [6, 6.07) is 1.97. The number of hydrogen-bond donors (Lipinski definition) is 1. The van der Waals surface area contributed by atoms with Crippen molar-refractivity contribution in [1.82, 2.24) is 4.98 Å². The fourth-order valence-corrected chi connectivity index (χ4v) is 3.16. The predicted octanol–water partition coefficient (Wildman–Crippen LogP) is 2.81. The van der Waals surface area contributed by atoms with Gasteiger partial charge in [0.25, 0.3) is 0 Å². The van der Waals surface area contributed by atoms with E-state index < -0.39 is 0 Å². The van der Waals surface area contributed by atoms with Gasteiger partial charge >= 0.3 is 0 Å². The number of aromatic nitrogens is 1. The Kier molecular flexibility index (Phi) is 1.85. The smallest absolute Gasteiger partial charge is 0.163 e. The molecule has 0 spiro atoms. The van der Waals surface area contributed by atoms with Crippen LogP contribution in [0.2, 0.25) is 0 Å². The first-order valence-electron chi connectivity index (χ1n) is 2.62. The highest BCUT2D eigenvalue weighted by Gasteiger charge is 2.09. The van der Waals surface area contributed by atoms with E-state index in [0.29, 0.717) is 0 Å². The average molecular weight is 359 g/mol. The Morgan fingerprint density at radius 3 is 3.30 bits per heavy atom. The largest absolute Gasteiger partial charge is 0.302 e. The molecule has 0 atom stereocenters. The minimum absolute atomic E-state index is 0.197. The van der Waals surface area contributed by atoms with Gasteiger partial charge in [-0.1, -0.05) is 0 Å². The maximum absolute atomic E-state index is 4.33. The van der Waals surface area contributed by atoms with Gasteiger partial charge in [0, 0.05) is 9.77 Å². The van der Waals surface area contributed by atoms with Crippen molar-refractivity contribution in [3.05, 3.63) is 15.8 Å². The molecule has 0 amide bonds. The number of halogens is 2. The topological polar surface area (TPSA) is 37.3 Å². The molecule has 1 aliphatic heterocycles. The minimum Gasteiger partial charge on any atom is -0.302 e. The predicted molar refractivity (Wildman–Crippen MR) is 56.7 cm³/mol. The van der Waals surface area contributed by atoms with Crippen LogP contribution in [0, 0.1) is 3.57 Å². The van der Waals surface area contributed by atoms with E-state index in [4.69, 9.17) is 0 Å². The number of pyridine rings is 1. The van der Waals surface area contributed by atoms with Crippen molar-refractivity contribution in [2.75, 3.05) is 3.53 Å². The Morgan fingerprint density at radius 2 is 2.50 bits per heavy atom. The molecule has 2 rings (SSSR count). The molecule has 1 N–H and O–H groups in total. The Labute approximate surface area is 82.3 Å². The molecule has 0 radical (unpaired) electrons. The van der Waals surface area contributed by atoms with E-state index in [1.807, 2.05) is 6.07 Å². The van der Waals surface area contributed by atoms with Crippen LogP contribution in [0.4, 0.5) is 11.5 Å². The third kappa shape index (κ3) is 1.04. The Morgan fingerprint density at radius 1 is 1.60 bits per heavy atom. The molecular formula is C5H3I2N3. The number of anilines is 1. The average Bonchev–Trinajstić information content (AvgIpc) is 2.36. The van der Waals surface area contributed by atoms with E-state index in [2.05, 4.69) is 34.3 Å². The molecule has 0 saturated carbocycles. The lowest BCUT2D eigenvalue weighted by Gasteiger charge is -1.95. The fourth-order valence-electron chi connectivity index (χ4n) is 0.683. The van der Waals surface area contributed by atoms with Gasteiger partial charge in [-0.3, -0.25) is 0 Å². The van der Waals surface area contributed by atoms with Crippen LogP contribution in [0.5, 0.6) is 0 Å². The van der Waals surface area contributed by atoms with E-state index in [-0.39, 0.29) is 21.3 Å². The molecule has 5 heteroatoms. The van der Waals surface area contributed by atoms with Gasteiger partial charge in [0.15, 0.2) is 5.82 Å². The molecule has 0 unspecified atom stereocenters. The SMILES string of the molecule is Ic1ccnc2c1N=IN2. The van der Waals surface area contributed by atoms with Gasteiger partial charge in [0.2, 0.25) is 0 Å². The summed E-state index contributed by atoms with van der Waals surface area (Å²) in [6.45, 7) is 0. The number of rotatable bonds is 0. The number of nitrogens with one attached hydrogen (secondary N) is 1. The Bertz CT molecular complexity index is 297. The van der Waals surface area contributed by atoms with Crippen LogP contribution in [0.25, 0.3) is 0 Å². The summed E-state index contributed by atoms with van der Waals surface area (Å²) >= 11 is 2.07. The van der Waals surface area contributed by atoms with E-state index in [1.165, 1.54) is 3.57 Å². The lowest BCUT2D eigenvalue weighted by atomic mass is 10.4. The highest BCUT2D eigenvalue weighted by atomic mass is 127. The van der Waals surface area contributed by atoms with Crippen LogP contribution < -0.4 is 3.53 Å². The molecule has 3 nitrogen and oxygen atoms in total. The summed E-state index contributed by atoms with van der Waals surface area (Å²) in [4.78, 5) is 4.14. The molecule has 52 valence electrons. The van der Waals surface area contributed by atoms with Gasteiger partial charge < -0.3 is 3.53 Å². The minimum atomic E-state index is -0.197. The molecule has 2 heterocycles. The monoisotopic (exact) mass is 359 g/mol. The quantitative estimate of drug-likeness (QED) is 0.572. The first-order chi connectivity index (χ1) is 4.88. The van der Waals surface area contributed by atoms with Crippen LogP contribution in [0.1, 0.15) is 0 Å². The molecule has 0 aromatic carbocycles. The molecule has 1 aliphatic rings. The van der Waals surface area contributed by atoms with Gasteiger partial charge in [0.1, 0.15) is 27.0 Å². The fraction of sp³-hybridized carbons (Fsp3) is 0. The Hall–Kier alpha value is 0.210. The normalized spacial score (nSPS) is 13.7. The molecular weight excluding hydrogens is 356 g/mol. The third-order valence-electron chi connectivity index (χ3n) is 1.13. The first-order valence-corrected chi connectivity index (χ1v) is 5.75. The van der Waals surface area contributed by atoms with E-state index in [9.17, 15) is 0 Å². The van der Waals surface area contributed by atoms with Crippen LogP contribution in [-0.4, -0.2) is 4.98 Å². The zero-order chi connectivity index (χ0) is 6.97. The maximum Gasteiger partial charge on any atom is 0.163 e. The van der Waals surface area contributed by atoms with Crippen LogP contribution in [-0.2, 0) is 0 Å². The highest BCUT2D eigenvalue weighted by Crippen LogP contribution is 2.37. The zero-order valence-corrected chi connectivity index (χ0v) is 9.12. The molecule has 1 aromatic heterocycles. The second-order valence-corrected chi connectivity index (χ2v) is 4.42. The Balaban J connectivity index is 2.67. The van der Waals surface area contributed by atoms with Crippen molar-refractivity contribution in [3.63, 3.8) is 0 Å². The summed E-state index contributed by atoms with van der Waals surface area (Å²) in [5.41, 5.74) is 1.05. The summed E-state index contributed by atoms with van der Waals surface area (Å²) in [5.74, 6) is 0.958. The molecule has 0 aliphatic carbocycles. The second kappa shape index (κ2) is 2.68. The highest BCUT2D eigenvalue weighted by molar-refractivity contribution is 14.2. The summed E-state index contributed by atoms with van der Waals surface area (Å²) in [7, 11) is 0. The van der Waals surface area contributed by atoms with Gasteiger partial charge in [-0.05, 0) is 28.7 Å². The van der Waals surface area contributed by atoms with Crippen LogP contribution in [0.3, 0.4) is 0 Å². The summed E-state index contributed by atoms with van der Waals surface area (Å²) in [6.07, 6.45) is 1.80. The van der Waals surface area contributed by atoms with Gasteiger partial charge in [-0.25, -0.2) is 8.13 Å². The van der Waals surface area contributed by atoms with Crippen molar-refractivity contribution in [1.29, 1.82) is 0 Å². The lowest BCUT2D eigenvalue weighted by Crippen LogP contribution is -1.82. The number of nitrogens with zero attached hydrogens (tertiary/aromatic N) is 2. The first kappa shape index (κ1) is 6.89. The zero-order valence-electron chi connectivity index (χ0n) is 4.81. The molecule has 1 aromatic rings. The molecule has 0 fully saturated rings. The molecule has 0 bridgehead atoms. The van der Waals surface area contributed by atoms with Crippen molar-refractivity contribution < 1.29 is 0 Å². The lowest BCUT2D eigenvalue weighted by molar-refractivity contribution is 1.32. The van der Waals surface area contributed by atoms with Gasteiger partial charge in [-0.2, -0.15) is 0 Å². The second-order valence-electron chi connectivity index (χ2n) is 1.75. The van der Waals surface area contributed by atoms with Crippen LogP contribution >= 0.6 is 43.9 Å². The van der Waals surface area contributed by atoms with Crippen LogP contribution in [0.15, 0.2) is 15.4 Å². The van der Waals surface area contributed by atoms with Crippen molar-refractivity contribution in [3.8, 4) is 0 Å². The van der Waals surface area contributed by atoms with E-state index in [0.717, 1.165) is 11.5 Å². The number of hydrogen-bond acceptors (Lipinski definition) is 3. The van der Waals surface area contributed by atoms with Crippen molar-refractivity contribution in [2.45, 2.75) is 0 Å². The third-order valence-corrected chi connectivity index (χ3v) is 3.48. The van der Waals surface area contributed by atoms with E-state index in [1.54, 1.807) is 6.20 Å². The molecule has 10 heavy (non-hydrogen) atoms. The van der Waals surface area contributed by atoms with Crippen molar-refractivity contribution >= 4 is 55.4 Å². The summed E-state index contributed by atoms with van der Waals surface area (Å²) in [5, 5.41) is 0. The number of fused-ring (bicyclic) bond motifs is 1. The summed E-state index contributed by atoms with van der Waals surface area (Å²) < 4.78 is 8.68. The van der Waals surface area contributed by atoms with Gasteiger partial charge in [0.05, 0.1) is 0 Å². The standard InChI is InChI=1S/C5H3I2N3/c6-3-1-2-8-5-4(3)9-7-10-5/h1-2H,(H,8,9,10). The van der Waals surface area contributed by atoms with Gasteiger partial charge in [-0.15, -0.1) is 0 Å². The van der Waals surface area contributed by atoms with E-state index >= 15 is 0 Å². The molecule has 0 saturated heterocycles. The van der Waals surface area contributed by atoms with Crippen molar-refractivity contribution in [2.24, 2.45) is 3.15 Å². The maximum atomic E-state index is 4.33.